The molecule has 0 aliphatic carbocycles. The van der Waals surface area contributed by atoms with Crippen LogP contribution in [0.2, 0.25) is 0 Å². The molecule has 3 aromatic carbocycles. The smallest absolute Gasteiger partial charge is 0.256 e. The van der Waals surface area contributed by atoms with E-state index in [1.165, 1.54) is 12.1 Å². The molecule has 0 atom stereocenters. The van der Waals surface area contributed by atoms with Crippen LogP contribution in [0.3, 0.4) is 0 Å². The van der Waals surface area contributed by atoms with Gasteiger partial charge in [0, 0.05) is 37.8 Å². The molecule has 0 aliphatic heterocycles. The van der Waals surface area contributed by atoms with Crippen molar-refractivity contribution >= 4 is 17.9 Å². The lowest BCUT2D eigenvalue weighted by atomic mass is 9.93. The molecule has 0 saturated carbocycles. The van der Waals surface area contributed by atoms with Gasteiger partial charge in [-0.2, -0.15) is 0 Å². The number of nitrogens with one attached hydrogen (secondary N) is 1. The van der Waals surface area contributed by atoms with Crippen molar-refractivity contribution in [3.63, 3.8) is 0 Å². The van der Waals surface area contributed by atoms with Crippen molar-refractivity contribution in [2.75, 3.05) is 33.6 Å². The predicted molar refractivity (Wildman–Crippen MR) is 127 cm³/mol. The summed E-state index contributed by atoms with van der Waals surface area (Å²) >= 11 is 0. The van der Waals surface area contributed by atoms with E-state index in [1.54, 1.807) is 64.4 Å². The lowest BCUT2D eigenvalue weighted by molar-refractivity contribution is 0.0786. The molecule has 172 valence electrons. The van der Waals surface area contributed by atoms with E-state index in [1.807, 2.05) is 12.1 Å². The fourth-order valence-corrected chi connectivity index (χ4v) is 3.82. The molecule has 1 amide bonds. The van der Waals surface area contributed by atoms with Crippen LogP contribution >= 0.6 is 0 Å². The van der Waals surface area contributed by atoms with E-state index in [0.717, 1.165) is 11.1 Å². The Balaban J connectivity index is 2.04. The van der Waals surface area contributed by atoms with Crippen molar-refractivity contribution in [1.29, 1.82) is 0 Å². The molecule has 33 heavy (non-hydrogen) atoms. The number of aryl methyl sites for hydroxylation is 1. The molecular weight excluding hydrogens is 423 g/mol. The first-order valence-corrected chi connectivity index (χ1v) is 10.4. The van der Waals surface area contributed by atoms with Crippen molar-refractivity contribution in [2.45, 2.75) is 13.5 Å². The standard InChI is InChI=1S/C26H27FN2O4/c1-16-8-19(27)6-7-22(16)23-11-18(15-30)12-24(25(23)28-2)26(31)29(3)14-17-9-20(32-4)13-21(10-17)33-5/h6-13,15,28H,14H2,1-5H3. The van der Waals surface area contributed by atoms with Gasteiger partial charge in [-0.15, -0.1) is 0 Å². The largest absolute Gasteiger partial charge is 0.497 e. The maximum atomic E-state index is 13.7. The Labute approximate surface area is 192 Å². The fourth-order valence-electron chi connectivity index (χ4n) is 3.82. The number of anilines is 1. The number of ether oxygens (including phenoxy) is 2. The van der Waals surface area contributed by atoms with E-state index < -0.39 is 0 Å². The van der Waals surface area contributed by atoms with Crippen LogP contribution < -0.4 is 14.8 Å². The first-order chi connectivity index (χ1) is 15.8. The molecule has 0 spiro atoms. The van der Waals surface area contributed by atoms with Gasteiger partial charge in [-0.3, -0.25) is 9.59 Å². The summed E-state index contributed by atoms with van der Waals surface area (Å²) < 4.78 is 24.3. The third kappa shape index (κ3) is 5.14. The van der Waals surface area contributed by atoms with Crippen LogP contribution in [0.1, 0.15) is 31.8 Å². The number of rotatable bonds is 8. The van der Waals surface area contributed by atoms with Gasteiger partial charge in [0.05, 0.1) is 25.5 Å². The van der Waals surface area contributed by atoms with E-state index in [4.69, 9.17) is 9.47 Å². The zero-order valence-corrected chi connectivity index (χ0v) is 19.4. The fraction of sp³-hybridized carbons (Fsp3) is 0.231. The summed E-state index contributed by atoms with van der Waals surface area (Å²) in [7, 11) is 6.53. The number of carbonyl (C=O) groups is 2. The Bertz CT molecular complexity index is 1170. The van der Waals surface area contributed by atoms with Crippen molar-refractivity contribution < 1.29 is 23.5 Å². The van der Waals surface area contributed by atoms with Crippen LogP contribution in [0.5, 0.6) is 11.5 Å². The van der Waals surface area contributed by atoms with Crippen molar-refractivity contribution in [3.8, 4) is 22.6 Å². The molecule has 6 nitrogen and oxygen atoms in total. The highest BCUT2D eigenvalue weighted by atomic mass is 19.1. The third-order valence-electron chi connectivity index (χ3n) is 5.43. The second-order valence-electron chi connectivity index (χ2n) is 7.70. The molecule has 0 saturated heterocycles. The van der Waals surface area contributed by atoms with E-state index in [0.29, 0.717) is 52.3 Å². The number of halogens is 1. The second kappa shape index (κ2) is 10.2. The number of hydrogen-bond donors (Lipinski definition) is 1. The zero-order chi connectivity index (χ0) is 24.1. The van der Waals surface area contributed by atoms with Gasteiger partial charge in [0.25, 0.3) is 5.91 Å². The van der Waals surface area contributed by atoms with Crippen LogP contribution in [-0.4, -0.2) is 45.4 Å². The number of carbonyl (C=O) groups excluding carboxylic acids is 2. The number of methoxy groups -OCH3 is 2. The zero-order valence-electron chi connectivity index (χ0n) is 19.4. The van der Waals surface area contributed by atoms with Crippen molar-refractivity contribution in [1.82, 2.24) is 4.90 Å². The van der Waals surface area contributed by atoms with Crippen LogP contribution in [0.4, 0.5) is 10.1 Å². The average molecular weight is 451 g/mol. The van der Waals surface area contributed by atoms with Crippen LogP contribution in [0, 0.1) is 12.7 Å². The first kappa shape index (κ1) is 23.8. The topological polar surface area (TPSA) is 67.9 Å². The summed E-state index contributed by atoms with van der Waals surface area (Å²) in [6, 6.07) is 13.1. The predicted octanol–water partition coefficient (Wildman–Crippen LogP) is 4.94. The van der Waals surface area contributed by atoms with Crippen LogP contribution in [-0.2, 0) is 6.54 Å². The maximum absolute atomic E-state index is 13.7. The Hall–Kier alpha value is -3.87. The Kier molecular flexibility index (Phi) is 7.33. The summed E-state index contributed by atoms with van der Waals surface area (Å²) in [5, 5.41) is 3.09. The molecule has 0 bridgehead atoms. The summed E-state index contributed by atoms with van der Waals surface area (Å²) in [4.78, 5) is 26.7. The van der Waals surface area contributed by atoms with E-state index in [-0.39, 0.29) is 11.7 Å². The molecule has 3 aromatic rings. The summed E-state index contributed by atoms with van der Waals surface area (Å²) in [5.41, 5.74) is 4.18. The Morgan fingerprint density at radius 3 is 2.24 bits per heavy atom. The van der Waals surface area contributed by atoms with Crippen LogP contribution in [0.25, 0.3) is 11.1 Å². The van der Waals surface area contributed by atoms with Crippen molar-refractivity contribution in [2.24, 2.45) is 0 Å². The third-order valence-corrected chi connectivity index (χ3v) is 5.43. The van der Waals surface area contributed by atoms with Gasteiger partial charge in [0.15, 0.2) is 0 Å². The van der Waals surface area contributed by atoms with Gasteiger partial charge in [0.1, 0.15) is 23.6 Å². The number of benzene rings is 3. The molecule has 0 radical (unpaired) electrons. The molecular formula is C26H27FN2O4. The van der Waals surface area contributed by atoms with Crippen LogP contribution in [0.15, 0.2) is 48.5 Å². The maximum Gasteiger partial charge on any atom is 0.256 e. The minimum atomic E-state index is -0.349. The highest BCUT2D eigenvalue weighted by Gasteiger charge is 2.21. The number of hydrogen-bond acceptors (Lipinski definition) is 5. The lowest BCUT2D eigenvalue weighted by Crippen LogP contribution is -2.27. The monoisotopic (exact) mass is 450 g/mol. The molecule has 0 unspecified atom stereocenters. The minimum absolute atomic E-state index is 0.272. The van der Waals surface area contributed by atoms with E-state index >= 15 is 0 Å². The molecule has 0 heterocycles. The summed E-state index contributed by atoms with van der Waals surface area (Å²) in [6.07, 6.45) is 0.700. The molecule has 0 aromatic heterocycles. The van der Waals surface area contributed by atoms with E-state index in [9.17, 15) is 14.0 Å². The average Bonchev–Trinajstić information content (AvgIpc) is 2.82. The molecule has 3 rings (SSSR count). The highest BCUT2D eigenvalue weighted by Crippen LogP contribution is 2.35. The molecule has 0 fully saturated rings. The van der Waals surface area contributed by atoms with Gasteiger partial charge >= 0.3 is 0 Å². The molecule has 1 N–H and O–H groups in total. The Morgan fingerprint density at radius 2 is 1.70 bits per heavy atom. The minimum Gasteiger partial charge on any atom is -0.497 e. The quantitative estimate of drug-likeness (QED) is 0.492. The van der Waals surface area contributed by atoms with Gasteiger partial charge in [-0.1, -0.05) is 6.07 Å². The molecule has 0 aliphatic rings. The second-order valence-corrected chi connectivity index (χ2v) is 7.70. The normalized spacial score (nSPS) is 10.5. The highest BCUT2D eigenvalue weighted by molar-refractivity contribution is 6.05. The van der Waals surface area contributed by atoms with Gasteiger partial charge < -0.3 is 19.7 Å². The Morgan fingerprint density at radius 1 is 1.03 bits per heavy atom. The number of aldehydes is 1. The molecule has 7 heteroatoms. The first-order valence-electron chi connectivity index (χ1n) is 10.4. The summed E-state index contributed by atoms with van der Waals surface area (Å²) in [6.45, 7) is 2.08. The number of amides is 1. The van der Waals surface area contributed by atoms with Gasteiger partial charge in [-0.25, -0.2) is 4.39 Å². The van der Waals surface area contributed by atoms with Gasteiger partial charge in [-0.05, 0) is 60.0 Å². The lowest BCUT2D eigenvalue weighted by Gasteiger charge is -2.22. The SMILES string of the molecule is CNc1c(C(=O)N(C)Cc2cc(OC)cc(OC)c2)cc(C=O)cc1-c1ccc(F)cc1C. The summed E-state index contributed by atoms with van der Waals surface area (Å²) in [5.74, 6) is 0.626. The van der Waals surface area contributed by atoms with Crippen molar-refractivity contribution in [3.05, 3.63) is 76.6 Å². The van der Waals surface area contributed by atoms with E-state index in [2.05, 4.69) is 5.32 Å². The number of nitrogens with zero attached hydrogens (tertiary/aromatic N) is 1. The van der Waals surface area contributed by atoms with Gasteiger partial charge in [0.2, 0.25) is 0 Å².